The molecule has 1 aliphatic carbocycles. The number of ether oxygens (including phenoxy) is 3. The maximum Gasteiger partial charge on any atom is 0.303 e. The van der Waals surface area contributed by atoms with E-state index in [1.807, 2.05) is 25.2 Å². The molecule has 0 amide bonds. The van der Waals surface area contributed by atoms with Gasteiger partial charge in [0.05, 0.1) is 0 Å². The van der Waals surface area contributed by atoms with Gasteiger partial charge in [-0.2, -0.15) is 0 Å². The molecule has 1 saturated heterocycles. The van der Waals surface area contributed by atoms with Crippen LogP contribution in [0.1, 0.15) is 54.4 Å². The molecular formula is C26H32O7. The van der Waals surface area contributed by atoms with Crippen LogP contribution in [0.5, 0.6) is 0 Å². The first-order valence-electron chi connectivity index (χ1n) is 10.9. The Hall–Kier alpha value is -3.06. The van der Waals surface area contributed by atoms with E-state index in [1.165, 1.54) is 25.0 Å². The van der Waals surface area contributed by atoms with Gasteiger partial charge in [-0.15, -0.1) is 0 Å². The zero-order chi connectivity index (χ0) is 24.8. The summed E-state index contributed by atoms with van der Waals surface area (Å²) in [5.74, 6) is -2.11. The minimum absolute atomic E-state index is 0.0595. The van der Waals surface area contributed by atoms with E-state index >= 15 is 0 Å². The molecule has 0 N–H and O–H groups in total. The number of fused-ring (bicyclic) bond motifs is 1. The van der Waals surface area contributed by atoms with Crippen LogP contribution >= 0.6 is 0 Å². The molecule has 0 unspecified atom stereocenters. The van der Waals surface area contributed by atoms with Crippen LogP contribution in [-0.2, 0) is 33.4 Å². The third-order valence-corrected chi connectivity index (χ3v) is 5.28. The van der Waals surface area contributed by atoms with Crippen LogP contribution in [0, 0.1) is 0 Å². The Kier molecular flexibility index (Phi) is 8.88. The monoisotopic (exact) mass is 456 g/mol. The first-order valence-corrected chi connectivity index (χ1v) is 10.9. The molecule has 7 nitrogen and oxygen atoms in total. The second kappa shape index (κ2) is 11.2. The van der Waals surface area contributed by atoms with Gasteiger partial charge in [0.1, 0.15) is 6.61 Å². The van der Waals surface area contributed by atoms with Crippen LogP contribution in [0.4, 0.5) is 0 Å². The summed E-state index contributed by atoms with van der Waals surface area (Å²) in [4.78, 5) is 48.3. The molecule has 2 aliphatic rings. The molecule has 1 fully saturated rings. The van der Waals surface area contributed by atoms with Crippen molar-refractivity contribution in [1.29, 1.82) is 0 Å². The molecule has 0 aromatic rings. The number of Topliss-reactive ketones (excluding diaryl/α,β-unsaturated/α-hetero) is 1. The highest BCUT2D eigenvalue weighted by molar-refractivity contribution is 6.19. The number of carbonyl (C=O) groups is 4. The average molecular weight is 457 g/mol. The van der Waals surface area contributed by atoms with Gasteiger partial charge in [0.2, 0.25) is 5.60 Å². The average Bonchev–Trinajstić information content (AvgIpc) is 3.46. The lowest BCUT2D eigenvalue weighted by Gasteiger charge is -2.23. The Morgan fingerprint density at radius 2 is 1.82 bits per heavy atom. The summed E-state index contributed by atoms with van der Waals surface area (Å²) in [6.45, 7) is 10.1. The largest absolute Gasteiger partial charge is 0.461 e. The Morgan fingerprint density at radius 1 is 1.12 bits per heavy atom. The van der Waals surface area contributed by atoms with Gasteiger partial charge in [-0.3, -0.25) is 19.2 Å². The van der Waals surface area contributed by atoms with Crippen molar-refractivity contribution in [2.24, 2.45) is 0 Å². The van der Waals surface area contributed by atoms with Gasteiger partial charge in [-0.05, 0) is 52.7 Å². The Morgan fingerprint density at radius 3 is 2.42 bits per heavy atom. The summed E-state index contributed by atoms with van der Waals surface area (Å²) in [5, 5.41) is 0. The van der Waals surface area contributed by atoms with Crippen molar-refractivity contribution in [2.75, 3.05) is 6.61 Å². The van der Waals surface area contributed by atoms with E-state index < -0.39 is 41.3 Å². The molecule has 0 radical (unpaired) electrons. The summed E-state index contributed by atoms with van der Waals surface area (Å²) in [7, 11) is 0. The SMILES string of the molecule is CC(=O)OCC1=CC(=O)[C@]2([C@H](/C=C(C)/C=C/C=C(\C)CCC=C(C)C)OC(C)=O)O[C@@H]2C1=O. The quantitative estimate of drug-likeness (QED) is 0.213. The van der Waals surface area contributed by atoms with Crippen molar-refractivity contribution < 1.29 is 33.4 Å². The van der Waals surface area contributed by atoms with E-state index in [4.69, 9.17) is 14.2 Å². The highest BCUT2D eigenvalue weighted by Crippen LogP contribution is 2.47. The van der Waals surface area contributed by atoms with Crippen LogP contribution < -0.4 is 0 Å². The van der Waals surface area contributed by atoms with Gasteiger partial charge < -0.3 is 14.2 Å². The van der Waals surface area contributed by atoms with Crippen LogP contribution in [0.2, 0.25) is 0 Å². The second-order valence-electron chi connectivity index (χ2n) is 8.60. The molecule has 178 valence electrons. The normalized spacial score (nSPS) is 23.6. The molecule has 0 spiro atoms. The number of ketones is 2. The maximum atomic E-state index is 12.9. The van der Waals surface area contributed by atoms with Crippen LogP contribution in [0.15, 0.2) is 58.7 Å². The van der Waals surface area contributed by atoms with E-state index in [0.29, 0.717) is 0 Å². The van der Waals surface area contributed by atoms with Crippen molar-refractivity contribution in [1.82, 2.24) is 0 Å². The fraction of sp³-hybridized carbons (Fsp3) is 0.462. The Bertz CT molecular complexity index is 973. The van der Waals surface area contributed by atoms with E-state index in [-0.39, 0.29) is 12.2 Å². The number of hydrogen-bond acceptors (Lipinski definition) is 7. The second-order valence-corrected chi connectivity index (χ2v) is 8.60. The highest BCUT2D eigenvalue weighted by atomic mass is 16.7. The van der Waals surface area contributed by atoms with Gasteiger partial charge in [-0.1, -0.05) is 41.0 Å². The summed E-state index contributed by atoms with van der Waals surface area (Å²) in [6, 6.07) is 0. The highest BCUT2D eigenvalue weighted by Gasteiger charge is 2.72. The van der Waals surface area contributed by atoms with Crippen molar-refractivity contribution in [3.63, 3.8) is 0 Å². The van der Waals surface area contributed by atoms with E-state index in [2.05, 4.69) is 26.8 Å². The zero-order valence-corrected chi connectivity index (χ0v) is 20.1. The number of allylic oxidation sites excluding steroid dienone is 7. The van der Waals surface area contributed by atoms with E-state index in [1.54, 1.807) is 6.08 Å². The van der Waals surface area contributed by atoms with E-state index in [0.717, 1.165) is 24.5 Å². The molecule has 1 heterocycles. The first kappa shape index (κ1) is 26.2. The van der Waals surface area contributed by atoms with Gasteiger partial charge in [0.25, 0.3) is 0 Å². The molecular weight excluding hydrogens is 424 g/mol. The van der Waals surface area contributed by atoms with Crippen LogP contribution in [-0.4, -0.2) is 47.9 Å². The van der Waals surface area contributed by atoms with Gasteiger partial charge in [0, 0.05) is 19.4 Å². The molecule has 0 bridgehead atoms. The lowest BCUT2D eigenvalue weighted by Crippen LogP contribution is -2.46. The van der Waals surface area contributed by atoms with Gasteiger partial charge in [0.15, 0.2) is 23.8 Å². The number of epoxide rings is 1. The minimum atomic E-state index is -1.58. The molecule has 0 saturated carbocycles. The summed E-state index contributed by atoms with van der Waals surface area (Å²) in [5.41, 5.74) is 1.74. The molecule has 3 atom stereocenters. The molecule has 33 heavy (non-hydrogen) atoms. The van der Waals surface area contributed by atoms with Crippen molar-refractivity contribution in [3.05, 3.63) is 58.7 Å². The predicted octanol–water partition coefficient (Wildman–Crippen LogP) is 3.89. The first-order chi connectivity index (χ1) is 15.5. The summed E-state index contributed by atoms with van der Waals surface area (Å²) < 4.78 is 15.8. The molecule has 2 rings (SSSR count). The fourth-order valence-electron chi connectivity index (χ4n) is 3.51. The Labute approximate surface area is 194 Å². The topological polar surface area (TPSA) is 99.3 Å². The predicted molar refractivity (Wildman–Crippen MR) is 123 cm³/mol. The van der Waals surface area contributed by atoms with Crippen LogP contribution in [0.25, 0.3) is 0 Å². The molecule has 7 heteroatoms. The number of esters is 2. The molecule has 0 aromatic carbocycles. The number of hydrogen-bond donors (Lipinski definition) is 0. The lowest BCUT2D eigenvalue weighted by atomic mass is 9.83. The number of rotatable bonds is 10. The fourth-order valence-corrected chi connectivity index (χ4v) is 3.51. The molecule has 0 aromatic heterocycles. The third-order valence-electron chi connectivity index (χ3n) is 5.28. The summed E-state index contributed by atoms with van der Waals surface area (Å²) >= 11 is 0. The van der Waals surface area contributed by atoms with Gasteiger partial charge >= 0.3 is 11.9 Å². The number of carbonyl (C=O) groups excluding carboxylic acids is 4. The third kappa shape index (κ3) is 6.96. The van der Waals surface area contributed by atoms with E-state index in [9.17, 15) is 19.2 Å². The van der Waals surface area contributed by atoms with Crippen molar-refractivity contribution >= 4 is 23.5 Å². The smallest absolute Gasteiger partial charge is 0.303 e. The lowest BCUT2D eigenvalue weighted by molar-refractivity contribution is -0.149. The maximum absolute atomic E-state index is 12.9. The standard InChI is InChI=1S/C26H32O7/c1-16(2)9-7-10-17(3)11-8-12-18(4)13-23(32-20(6)28)26-22(29)14-21(15-31-19(5)27)24(30)25(26)33-26/h8-9,11-14,23,25H,7,10,15H2,1-6H3/b12-8+,17-11+,18-13+/t23-,25+,26+/m0/s1. The minimum Gasteiger partial charge on any atom is -0.461 e. The van der Waals surface area contributed by atoms with Crippen molar-refractivity contribution in [3.8, 4) is 0 Å². The van der Waals surface area contributed by atoms with Crippen molar-refractivity contribution in [2.45, 2.75) is 72.2 Å². The van der Waals surface area contributed by atoms with Crippen LogP contribution in [0.3, 0.4) is 0 Å². The Balaban J connectivity index is 2.18. The zero-order valence-electron chi connectivity index (χ0n) is 20.1. The summed E-state index contributed by atoms with van der Waals surface area (Å²) in [6.07, 6.45) is 10.4. The molecule has 1 aliphatic heterocycles. The van der Waals surface area contributed by atoms with Gasteiger partial charge in [-0.25, -0.2) is 0 Å².